The van der Waals surface area contributed by atoms with Crippen LogP contribution in [0.2, 0.25) is 10.0 Å². The van der Waals surface area contributed by atoms with E-state index in [0.717, 1.165) is 38.2 Å². The molecule has 3 fully saturated rings. The number of fused-ring (bicyclic) bond motifs is 1. The molecule has 3 saturated heterocycles. The highest BCUT2D eigenvalue weighted by molar-refractivity contribution is 6.42. The van der Waals surface area contributed by atoms with Crippen LogP contribution in [0.15, 0.2) is 18.2 Å². The maximum atomic E-state index is 13.4. The fourth-order valence-corrected chi connectivity index (χ4v) is 5.53. The number of hydrogen-bond acceptors (Lipinski definition) is 5. The number of likely N-dealkylation sites (tertiary alicyclic amines) is 1. The lowest BCUT2D eigenvalue weighted by Crippen LogP contribution is -2.71. The molecule has 6 nitrogen and oxygen atoms in total. The molecule has 0 saturated carbocycles. The molecular weight excluding hydrogens is 425 g/mol. The summed E-state index contributed by atoms with van der Waals surface area (Å²) in [6.07, 6.45) is 3.48. The van der Waals surface area contributed by atoms with Crippen molar-refractivity contribution in [1.29, 1.82) is 0 Å². The van der Waals surface area contributed by atoms with Crippen LogP contribution in [0.25, 0.3) is 0 Å². The Morgan fingerprint density at radius 1 is 1.07 bits per heavy atom. The van der Waals surface area contributed by atoms with Gasteiger partial charge in [0.2, 0.25) is 5.91 Å². The third kappa shape index (κ3) is 4.79. The molecule has 1 amide bonds. The Morgan fingerprint density at radius 3 is 2.57 bits per heavy atom. The Balaban J connectivity index is 1.55. The first-order valence-electron chi connectivity index (χ1n) is 11.0. The molecular formula is C22H31Cl2N3O3. The summed E-state index contributed by atoms with van der Waals surface area (Å²) < 4.78 is 6.03. The fourth-order valence-electron chi connectivity index (χ4n) is 5.21. The van der Waals surface area contributed by atoms with E-state index >= 15 is 0 Å². The molecule has 166 valence electrons. The molecule has 0 bridgehead atoms. The Bertz CT molecular complexity index is 744. The summed E-state index contributed by atoms with van der Waals surface area (Å²) in [5.74, 6) is 0.135. The molecule has 8 heteroatoms. The zero-order chi connectivity index (χ0) is 21.1. The molecule has 0 spiro atoms. The standard InChI is InChI=1S/C22H31Cl2N3O3/c23-17-5-4-16(12-18(17)24)13-21(29)27-10-9-26(8-3-11-28)20-15-30-14-19(22(20)27)25-6-1-2-7-25/h4-5,12,19-20,22,28H,1-3,6-11,13-15H2/t19-,20+,22+/m0/s1. The van der Waals surface area contributed by atoms with Gasteiger partial charge in [0.25, 0.3) is 0 Å². The van der Waals surface area contributed by atoms with Crippen LogP contribution >= 0.6 is 23.2 Å². The number of hydrogen-bond donors (Lipinski definition) is 1. The topological polar surface area (TPSA) is 56.3 Å². The number of halogens is 2. The Labute approximate surface area is 188 Å². The van der Waals surface area contributed by atoms with Crippen molar-refractivity contribution in [1.82, 2.24) is 14.7 Å². The van der Waals surface area contributed by atoms with Gasteiger partial charge in [-0.15, -0.1) is 0 Å². The molecule has 0 unspecified atom stereocenters. The Kier molecular flexibility index (Phi) is 7.55. The molecule has 1 aromatic rings. The van der Waals surface area contributed by atoms with E-state index in [0.29, 0.717) is 36.2 Å². The lowest BCUT2D eigenvalue weighted by atomic mass is 9.90. The molecule has 0 radical (unpaired) electrons. The van der Waals surface area contributed by atoms with Crippen molar-refractivity contribution < 1.29 is 14.6 Å². The number of benzene rings is 1. The molecule has 30 heavy (non-hydrogen) atoms. The first-order valence-corrected chi connectivity index (χ1v) is 11.7. The van der Waals surface area contributed by atoms with Gasteiger partial charge < -0.3 is 14.7 Å². The lowest BCUT2D eigenvalue weighted by Gasteiger charge is -2.54. The van der Waals surface area contributed by atoms with Gasteiger partial charge in [-0.3, -0.25) is 14.6 Å². The van der Waals surface area contributed by atoms with Crippen LogP contribution in [-0.2, 0) is 16.0 Å². The fraction of sp³-hybridized carbons (Fsp3) is 0.682. The molecule has 0 aromatic heterocycles. The van der Waals surface area contributed by atoms with E-state index < -0.39 is 0 Å². The average Bonchev–Trinajstić information content (AvgIpc) is 3.29. The van der Waals surface area contributed by atoms with Gasteiger partial charge >= 0.3 is 0 Å². The van der Waals surface area contributed by atoms with E-state index in [1.807, 2.05) is 6.07 Å². The third-order valence-electron chi connectivity index (χ3n) is 6.70. The number of ether oxygens (including phenoxy) is 1. The quantitative estimate of drug-likeness (QED) is 0.712. The molecule has 3 atom stereocenters. The van der Waals surface area contributed by atoms with Crippen LogP contribution < -0.4 is 0 Å². The van der Waals surface area contributed by atoms with Gasteiger partial charge in [0.1, 0.15) is 0 Å². The monoisotopic (exact) mass is 455 g/mol. The molecule has 3 aliphatic heterocycles. The van der Waals surface area contributed by atoms with Crippen LogP contribution in [0.5, 0.6) is 0 Å². The van der Waals surface area contributed by atoms with Crippen LogP contribution in [0.1, 0.15) is 24.8 Å². The minimum Gasteiger partial charge on any atom is -0.396 e. The van der Waals surface area contributed by atoms with Crippen molar-refractivity contribution in [3.8, 4) is 0 Å². The lowest BCUT2D eigenvalue weighted by molar-refractivity contribution is -0.152. The van der Waals surface area contributed by atoms with Crippen LogP contribution in [-0.4, -0.2) is 96.4 Å². The third-order valence-corrected chi connectivity index (χ3v) is 7.43. The first-order chi connectivity index (χ1) is 14.6. The normalized spacial score (nSPS) is 28.0. The second-order valence-electron chi connectivity index (χ2n) is 8.53. The van der Waals surface area contributed by atoms with Gasteiger partial charge in [-0.2, -0.15) is 0 Å². The molecule has 1 aromatic carbocycles. The van der Waals surface area contributed by atoms with Gasteiger partial charge in [-0.25, -0.2) is 0 Å². The highest BCUT2D eigenvalue weighted by atomic mass is 35.5. The summed E-state index contributed by atoms with van der Waals surface area (Å²) in [5.41, 5.74) is 0.887. The van der Waals surface area contributed by atoms with E-state index in [1.165, 1.54) is 12.8 Å². The summed E-state index contributed by atoms with van der Waals surface area (Å²) in [4.78, 5) is 20.4. The summed E-state index contributed by atoms with van der Waals surface area (Å²) >= 11 is 12.2. The van der Waals surface area contributed by atoms with Crippen LogP contribution in [0.4, 0.5) is 0 Å². The van der Waals surface area contributed by atoms with Gasteiger partial charge in [0.15, 0.2) is 0 Å². The van der Waals surface area contributed by atoms with Gasteiger partial charge in [-0.05, 0) is 50.0 Å². The minimum absolute atomic E-state index is 0.111. The van der Waals surface area contributed by atoms with Gasteiger partial charge in [0.05, 0.1) is 47.8 Å². The summed E-state index contributed by atoms with van der Waals surface area (Å²) in [5, 5.41) is 10.3. The largest absolute Gasteiger partial charge is 0.396 e. The summed E-state index contributed by atoms with van der Waals surface area (Å²) in [6.45, 7) is 5.99. The molecule has 3 aliphatic rings. The van der Waals surface area contributed by atoms with E-state index in [4.69, 9.17) is 27.9 Å². The van der Waals surface area contributed by atoms with E-state index in [9.17, 15) is 9.90 Å². The van der Waals surface area contributed by atoms with Crippen molar-refractivity contribution in [3.63, 3.8) is 0 Å². The second kappa shape index (κ2) is 10.2. The molecule has 3 heterocycles. The summed E-state index contributed by atoms with van der Waals surface area (Å²) in [7, 11) is 0. The number of aliphatic hydroxyl groups is 1. The van der Waals surface area contributed by atoms with Crippen molar-refractivity contribution in [2.75, 3.05) is 52.5 Å². The zero-order valence-corrected chi connectivity index (χ0v) is 18.8. The summed E-state index contributed by atoms with van der Waals surface area (Å²) in [6, 6.07) is 5.92. The Hall–Kier alpha value is -0.890. The van der Waals surface area contributed by atoms with E-state index in [-0.39, 0.29) is 30.6 Å². The number of aliphatic hydroxyl groups excluding tert-OH is 1. The maximum Gasteiger partial charge on any atom is 0.227 e. The molecule has 0 aliphatic carbocycles. The average molecular weight is 456 g/mol. The maximum absolute atomic E-state index is 13.4. The van der Waals surface area contributed by atoms with Crippen LogP contribution in [0, 0.1) is 0 Å². The van der Waals surface area contributed by atoms with Crippen molar-refractivity contribution in [2.45, 2.75) is 43.8 Å². The molecule has 1 N–H and O–H groups in total. The highest BCUT2D eigenvalue weighted by Gasteiger charge is 2.47. The Morgan fingerprint density at radius 2 is 1.83 bits per heavy atom. The smallest absolute Gasteiger partial charge is 0.227 e. The SMILES string of the molecule is O=C(Cc1ccc(Cl)c(Cl)c1)N1CCN(CCCO)[C@@H]2COC[C@H](N3CCCC3)[C@H]21. The van der Waals surface area contributed by atoms with E-state index in [2.05, 4.69) is 14.7 Å². The zero-order valence-electron chi connectivity index (χ0n) is 17.3. The predicted molar refractivity (Wildman–Crippen MR) is 118 cm³/mol. The number of carbonyl (C=O) groups excluding carboxylic acids is 1. The number of carbonyl (C=O) groups is 1. The minimum atomic E-state index is 0.111. The van der Waals surface area contributed by atoms with Crippen molar-refractivity contribution in [3.05, 3.63) is 33.8 Å². The first kappa shape index (κ1) is 22.3. The van der Waals surface area contributed by atoms with E-state index in [1.54, 1.807) is 12.1 Å². The van der Waals surface area contributed by atoms with Gasteiger partial charge in [-0.1, -0.05) is 29.3 Å². The number of amides is 1. The molecule has 4 rings (SSSR count). The second-order valence-corrected chi connectivity index (χ2v) is 9.35. The number of nitrogens with zero attached hydrogens (tertiary/aromatic N) is 3. The highest BCUT2D eigenvalue weighted by Crippen LogP contribution is 2.30. The van der Waals surface area contributed by atoms with Crippen molar-refractivity contribution >= 4 is 29.1 Å². The van der Waals surface area contributed by atoms with Crippen LogP contribution in [0.3, 0.4) is 0 Å². The van der Waals surface area contributed by atoms with Gasteiger partial charge in [0, 0.05) is 26.2 Å². The predicted octanol–water partition coefficient (Wildman–Crippen LogP) is 2.29. The number of rotatable bonds is 6. The van der Waals surface area contributed by atoms with Crippen molar-refractivity contribution in [2.24, 2.45) is 0 Å². The number of piperazine rings is 1.